The highest BCUT2D eigenvalue weighted by Gasteiger charge is 2.19. The summed E-state index contributed by atoms with van der Waals surface area (Å²) in [5, 5.41) is 3.36. The van der Waals surface area contributed by atoms with E-state index in [1.54, 1.807) is 12.0 Å². The molecule has 104 valence electrons. The Kier molecular flexibility index (Phi) is 4.43. The first-order valence-electron chi connectivity index (χ1n) is 6.76. The molecule has 0 fully saturated rings. The summed E-state index contributed by atoms with van der Waals surface area (Å²) in [4.78, 5) is 14.1. The van der Waals surface area contributed by atoms with Crippen LogP contribution < -0.4 is 5.32 Å². The number of nitrogens with zero attached hydrogens (tertiary/aromatic N) is 1. The quantitative estimate of drug-likeness (QED) is 0.904. The highest BCUT2D eigenvalue weighted by molar-refractivity contribution is 5.95. The Labute approximate surface area is 114 Å². The molecule has 4 heteroatoms. The van der Waals surface area contributed by atoms with Gasteiger partial charge in [0.05, 0.1) is 12.6 Å². The molecular weight excluding hydrogens is 240 g/mol. The zero-order chi connectivity index (χ0) is 13.8. The Bertz CT molecular complexity index is 459. The average molecular weight is 262 g/mol. The van der Waals surface area contributed by atoms with Gasteiger partial charge in [-0.05, 0) is 43.5 Å². The summed E-state index contributed by atoms with van der Waals surface area (Å²) in [6, 6.07) is 6.00. The van der Waals surface area contributed by atoms with E-state index < -0.39 is 0 Å². The van der Waals surface area contributed by atoms with Gasteiger partial charge in [-0.2, -0.15) is 0 Å². The molecule has 4 nitrogen and oxygen atoms in total. The number of benzene rings is 1. The van der Waals surface area contributed by atoms with Gasteiger partial charge in [-0.25, -0.2) is 0 Å². The first-order valence-corrected chi connectivity index (χ1v) is 6.76. The summed E-state index contributed by atoms with van der Waals surface area (Å²) in [5.41, 5.74) is 3.16. The third kappa shape index (κ3) is 3.07. The van der Waals surface area contributed by atoms with Gasteiger partial charge in [0.15, 0.2) is 0 Å². The molecule has 0 bridgehead atoms. The average Bonchev–Trinajstić information content (AvgIpc) is 2.45. The lowest BCUT2D eigenvalue weighted by Gasteiger charge is -2.25. The second-order valence-corrected chi connectivity index (χ2v) is 5.12. The van der Waals surface area contributed by atoms with E-state index in [-0.39, 0.29) is 11.9 Å². The number of methoxy groups -OCH3 is 1. The monoisotopic (exact) mass is 262 g/mol. The number of hydrogen-bond donors (Lipinski definition) is 1. The fraction of sp³-hybridized carbons (Fsp3) is 0.533. The maximum atomic E-state index is 12.4. The summed E-state index contributed by atoms with van der Waals surface area (Å²) in [7, 11) is 3.48. The summed E-state index contributed by atoms with van der Waals surface area (Å²) in [6.07, 6.45) is 2.17. The minimum absolute atomic E-state index is 0.0536. The predicted octanol–water partition coefficient (Wildman–Crippen LogP) is 2.15. The molecule has 1 atom stereocenters. The highest BCUT2D eigenvalue weighted by atomic mass is 16.5. The zero-order valence-electron chi connectivity index (χ0n) is 11.9. The van der Waals surface area contributed by atoms with Crippen molar-refractivity contribution in [1.29, 1.82) is 0 Å². The second kappa shape index (κ2) is 6.06. The lowest BCUT2D eigenvalue weighted by molar-refractivity contribution is 0.0633. The van der Waals surface area contributed by atoms with Gasteiger partial charge in [0.2, 0.25) is 0 Å². The molecule has 1 amide bonds. The number of ether oxygens (including phenoxy) is 1. The molecule has 2 rings (SSSR count). The summed E-state index contributed by atoms with van der Waals surface area (Å²) < 4.78 is 5.10. The van der Waals surface area contributed by atoms with Crippen molar-refractivity contribution in [2.75, 3.05) is 32.6 Å². The third-order valence-corrected chi connectivity index (χ3v) is 3.68. The second-order valence-electron chi connectivity index (χ2n) is 5.12. The molecule has 1 aromatic rings. The van der Waals surface area contributed by atoms with E-state index in [1.165, 1.54) is 5.56 Å². The number of nitrogens with one attached hydrogen (secondary N) is 1. The zero-order valence-corrected chi connectivity index (χ0v) is 11.9. The van der Waals surface area contributed by atoms with Crippen molar-refractivity contribution < 1.29 is 9.53 Å². The fourth-order valence-electron chi connectivity index (χ4n) is 2.36. The number of carbonyl (C=O) groups excluding carboxylic acids is 1. The van der Waals surface area contributed by atoms with Crippen molar-refractivity contribution in [3.05, 3.63) is 29.3 Å². The van der Waals surface area contributed by atoms with E-state index in [0.717, 1.165) is 30.6 Å². The molecule has 0 aromatic heterocycles. The van der Waals surface area contributed by atoms with Gasteiger partial charge in [0.25, 0.3) is 5.91 Å². The van der Waals surface area contributed by atoms with Crippen LogP contribution in [0.4, 0.5) is 5.69 Å². The lowest BCUT2D eigenvalue weighted by Crippen LogP contribution is -2.37. The maximum Gasteiger partial charge on any atom is 0.253 e. The van der Waals surface area contributed by atoms with Crippen LogP contribution in [0.3, 0.4) is 0 Å². The van der Waals surface area contributed by atoms with Gasteiger partial charge in [0, 0.05) is 32.0 Å². The van der Waals surface area contributed by atoms with Crippen LogP contribution in [-0.4, -0.2) is 44.2 Å². The van der Waals surface area contributed by atoms with Crippen LogP contribution >= 0.6 is 0 Å². The lowest BCUT2D eigenvalue weighted by atomic mass is 10.00. The molecule has 1 unspecified atom stereocenters. The number of hydrogen-bond acceptors (Lipinski definition) is 3. The Morgan fingerprint density at radius 2 is 2.32 bits per heavy atom. The van der Waals surface area contributed by atoms with Crippen molar-refractivity contribution in [1.82, 2.24) is 4.90 Å². The number of fused-ring (bicyclic) bond motifs is 1. The smallest absolute Gasteiger partial charge is 0.253 e. The fourth-order valence-corrected chi connectivity index (χ4v) is 2.36. The normalized spacial score (nSPS) is 15.3. The van der Waals surface area contributed by atoms with E-state index in [2.05, 4.69) is 5.32 Å². The molecule has 19 heavy (non-hydrogen) atoms. The van der Waals surface area contributed by atoms with Crippen molar-refractivity contribution >= 4 is 11.6 Å². The number of carbonyl (C=O) groups is 1. The van der Waals surface area contributed by atoms with Crippen molar-refractivity contribution in [2.45, 2.75) is 25.8 Å². The van der Waals surface area contributed by atoms with E-state index >= 15 is 0 Å². The Morgan fingerprint density at radius 3 is 3.05 bits per heavy atom. The number of likely N-dealkylation sites (N-methyl/N-ethyl adjacent to an activating group) is 1. The predicted molar refractivity (Wildman–Crippen MR) is 76.7 cm³/mol. The van der Waals surface area contributed by atoms with Gasteiger partial charge in [-0.15, -0.1) is 0 Å². The van der Waals surface area contributed by atoms with E-state index in [0.29, 0.717) is 6.61 Å². The van der Waals surface area contributed by atoms with Crippen LogP contribution in [0.25, 0.3) is 0 Å². The van der Waals surface area contributed by atoms with Gasteiger partial charge in [0.1, 0.15) is 0 Å². The molecule has 1 N–H and O–H groups in total. The van der Waals surface area contributed by atoms with Crippen LogP contribution in [0.5, 0.6) is 0 Å². The van der Waals surface area contributed by atoms with Gasteiger partial charge in [-0.1, -0.05) is 0 Å². The summed E-state index contributed by atoms with van der Waals surface area (Å²) in [5.74, 6) is 0.0536. The number of amides is 1. The molecule has 1 aliphatic heterocycles. The minimum Gasteiger partial charge on any atom is -0.385 e. The minimum atomic E-state index is 0.0536. The van der Waals surface area contributed by atoms with Crippen LogP contribution in [0.15, 0.2) is 18.2 Å². The van der Waals surface area contributed by atoms with E-state index in [4.69, 9.17) is 4.74 Å². The summed E-state index contributed by atoms with van der Waals surface area (Å²) >= 11 is 0. The van der Waals surface area contributed by atoms with Gasteiger partial charge >= 0.3 is 0 Å². The van der Waals surface area contributed by atoms with Crippen molar-refractivity contribution in [2.24, 2.45) is 0 Å². The van der Waals surface area contributed by atoms with Crippen molar-refractivity contribution in [3.63, 3.8) is 0 Å². The van der Waals surface area contributed by atoms with Gasteiger partial charge < -0.3 is 15.0 Å². The molecule has 1 aliphatic rings. The standard InChI is InChI=1S/C15H22N2O2/c1-11(10-19-3)17(2)15(18)13-6-7-14-12(9-13)5-4-8-16-14/h6-7,9,11,16H,4-5,8,10H2,1-3H3. The first kappa shape index (κ1) is 13.9. The number of rotatable bonds is 4. The van der Waals surface area contributed by atoms with Crippen LogP contribution in [0.1, 0.15) is 29.3 Å². The molecular formula is C15H22N2O2. The molecule has 0 radical (unpaired) electrons. The van der Waals surface area contributed by atoms with E-state index in [9.17, 15) is 4.79 Å². The Balaban J connectivity index is 2.15. The van der Waals surface area contributed by atoms with E-state index in [1.807, 2.05) is 32.2 Å². The number of aryl methyl sites for hydroxylation is 1. The maximum absolute atomic E-state index is 12.4. The van der Waals surface area contributed by atoms with Gasteiger partial charge in [-0.3, -0.25) is 4.79 Å². The number of anilines is 1. The largest absolute Gasteiger partial charge is 0.385 e. The Morgan fingerprint density at radius 1 is 1.53 bits per heavy atom. The highest BCUT2D eigenvalue weighted by Crippen LogP contribution is 2.23. The third-order valence-electron chi connectivity index (χ3n) is 3.68. The van der Waals surface area contributed by atoms with Crippen LogP contribution in [-0.2, 0) is 11.2 Å². The first-order chi connectivity index (χ1) is 9.13. The Hall–Kier alpha value is -1.55. The topological polar surface area (TPSA) is 41.6 Å². The van der Waals surface area contributed by atoms with Crippen molar-refractivity contribution in [3.8, 4) is 0 Å². The van der Waals surface area contributed by atoms with Crippen LogP contribution in [0, 0.1) is 0 Å². The van der Waals surface area contributed by atoms with Crippen LogP contribution in [0.2, 0.25) is 0 Å². The molecule has 0 saturated carbocycles. The molecule has 0 saturated heterocycles. The molecule has 0 spiro atoms. The molecule has 1 aromatic carbocycles. The summed E-state index contributed by atoms with van der Waals surface area (Å²) in [6.45, 7) is 3.56. The molecule has 1 heterocycles. The SMILES string of the molecule is COCC(C)N(C)C(=O)c1ccc2c(c1)CCCN2. The molecule has 0 aliphatic carbocycles.